The van der Waals surface area contributed by atoms with Crippen LogP contribution in [0.4, 0.5) is 11.4 Å². The number of aromatic nitrogens is 1. The Hall–Kier alpha value is -6.14. The van der Waals surface area contributed by atoms with Crippen LogP contribution in [-0.2, 0) is 21.7 Å². The zero-order chi connectivity index (χ0) is 46.7. The Morgan fingerprint density at radius 3 is 1.82 bits per heavy atom. The van der Waals surface area contributed by atoms with Gasteiger partial charge >= 0.3 is 6.85 Å². The molecule has 5 heterocycles. The minimum Gasteiger partial charge on any atom is -0.376 e. The number of rotatable bonds is 1. The molecule has 3 aromatic heterocycles. The molecule has 5 heteroatoms. The zero-order valence-corrected chi connectivity index (χ0v) is 42.6. The standard InChI is InChI=1S/C63H55BN2S2/c1-60(2,3)34-20-24-37(25-21-34)66-48-31-42-40-28-36(62(7,8)9)23-27-51(40)68-52(42)32-44(48)55-54-39-17-12-14-18-45(39)63(10,11)57(54)56-43-29-35(61(4,5)6)22-26-47(43)65-49-33-53-41(38-16-13-15-19-50(38)67-53)30-46(49)64(66)58(55)59(56)65/h12-33H,1-11H3. The monoisotopic (exact) mass is 914 g/mol. The molecule has 68 heavy (non-hydrogen) atoms. The molecule has 2 aliphatic heterocycles. The van der Waals surface area contributed by atoms with E-state index in [-0.39, 0.29) is 28.5 Å². The van der Waals surface area contributed by atoms with Crippen LogP contribution in [-0.4, -0.2) is 11.4 Å². The van der Waals surface area contributed by atoms with Gasteiger partial charge in [-0.05, 0) is 132 Å². The minimum atomic E-state index is -0.242. The van der Waals surface area contributed by atoms with Crippen molar-refractivity contribution < 1.29 is 0 Å². The highest BCUT2D eigenvalue weighted by Crippen LogP contribution is 2.60. The lowest BCUT2D eigenvalue weighted by Crippen LogP contribution is -2.60. The normalized spacial score (nSPS) is 15.0. The molecule has 11 aromatic rings. The summed E-state index contributed by atoms with van der Waals surface area (Å²) < 4.78 is 8.07. The smallest absolute Gasteiger partial charge is 0.333 e. The van der Waals surface area contributed by atoms with Gasteiger partial charge in [0.15, 0.2) is 0 Å². The van der Waals surface area contributed by atoms with Gasteiger partial charge in [0.1, 0.15) is 0 Å². The van der Waals surface area contributed by atoms with Gasteiger partial charge in [-0.25, -0.2) is 0 Å². The Bertz CT molecular complexity index is 4060. The van der Waals surface area contributed by atoms with E-state index in [1.165, 1.54) is 140 Å². The third-order valence-electron chi connectivity index (χ3n) is 16.2. The van der Waals surface area contributed by atoms with Crippen molar-refractivity contribution in [1.82, 2.24) is 4.57 Å². The molecule has 0 fully saturated rings. The van der Waals surface area contributed by atoms with Gasteiger partial charge in [0.25, 0.3) is 0 Å². The molecule has 0 unspecified atom stereocenters. The van der Waals surface area contributed by atoms with Gasteiger partial charge in [0, 0.05) is 79.2 Å². The lowest BCUT2D eigenvalue weighted by Gasteiger charge is -2.43. The van der Waals surface area contributed by atoms with E-state index >= 15 is 0 Å². The van der Waals surface area contributed by atoms with E-state index in [1.54, 1.807) is 0 Å². The lowest BCUT2D eigenvalue weighted by molar-refractivity contribution is 0.590. The van der Waals surface area contributed by atoms with Crippen LogP contribution in [0.25, 0.3) is 90.1 Å². The minimum absolute atomic E-state index is 0.0133. The van der Waals surface area contributed by atoms with E-state index in [4.69, 9.17) is 0 Å². The first-order valence-corrected chi connectivity index (χ1v) is 26.2. The van der Waals surface area contributed by atoms with Gasteiger partial charge in [-0.1, -0.05) is 149 Å². The Balaban J connectivity index is 1.23. The van der Waals surface area contributed by atoms with E-state index in [1.807, 2.05) is 22.7 Å². The Kier molecular flexibility index (Phi) is 7.90. The summed E-state index contributed by atoms with van der Waals surface area (Å²) in [6.45, 7) is 25.9. The fraction of sp³-hybridized carbons (Fsp3) is 0.238. The van der Waals surface area contributed by atoms with Crippen LogP contribution in [0.15, 0.2) is 133 Å². The number of hydrogen-bond acceptors (Lipinski definition) is 3. The van der Waals surface area contributed by atoms with Gasteiger partial charge in [-0.2, -0.15) is 0 Å². The molecule has 0 spiro atoms. The SMILES string of the molecule is CC(C)(C)c1ccc(N2B3c4cc5c(cc4-n4c6ccc(C(C)(C)C)cc6c6c7c(c(c3c64)-c3cc4sc6ccc(C(C)(C)C)cc6c4cc32)-c2ccccc2C7(C)C)sc2ccccc25)cc1. The van der Waals surface area contributed by atoms with Crippen LogP contribution in [0.1, 0.15) is 104 Å². The number of fused-ring (bicyclic) bond motifs is 19. The number of nitrogens with zero attached hydrogens (tertiary/aromatic N) is 2. The van der Waals surface area contributed by atoms with Gasteiger partial charge in [0.05, 0.1) is 11.0 Å². The van der Waals surface area contributed by atoms with E-state index in [9.17, 15) is 0 Å². The van der Waals surface area contributed by atoms with Gasteiger partial charge in [-0.15, -0.1) is 22.7 Å². The fourth-order valence-electron chi connectivity index (χ4n) is 12.7. The summed E-state index contributed by atoms with van der Waals surface area (Å²) in [5.74, 6) is 0. The highest BCUT2D eigenvalue weighted by molar-refractivity contribution is 7.26. The second-order valence-corrected chi connectivity index (χ2v) is 25.9. The van der Waals surface area contributed by atoms with Crippen molar-refractivity contribution in [2.75, 3.05) is 4.81 Å². The average Bonchev–Trinajstić information content (AvgIpc) is 4.02. The van der Waals surface area contributed by atoms with E-state index in [0.29, 0.717) is 0 Å². The molecule has 1 aliphatic carbocycles. The predicted molar refractivity (Wildman–Crippen MR) is 299 cm³/mol. The summed E-state index contributed by atoms with van der Waals surface area (Å²) in [5, 5.41) is 8.14. The van der Waals surface area contributed by atoms with Crippen LogP contribution < -0.4 is 15.7 Å². The van der Waals surface area contributed by atoms with Gasteiger partial charge in [0.2, 0.25) is 0 Å². The summed E-state index contributed by atoms with van der Waals surface area (Å²) >= 11 is 3.87. The molecule has 0 saturated carbocycles. The maximum Gasteiger partial charge on any atom is 0.333 e. The fourth-order valence-corrected chi connectivity index (χ4v) is 14.9. The first-order valence-electron chi connectivity index (χ1n) is 24.5. The molecular weight excluding hydrogens is 860 g/mol. The number of benzene rings is 8. The lowest BCUT2D eigenvalue weighted by atomic mass is 9.43. The van der Waals surface area contributed by atoms with Crippen molar-refractivity contribution in [3.8, 4) is 27.9 Å². The van der Waals surface area contributed by atoms with Gasteiger partial charge in [-0.3, -0.25) is 0 Å². The molecule has 0 amide bonds. The Morgan fingerprint density at radius 1 is 0.485 bits per heavy atom. The molecule has 332 valence electrons. The van der Waals surface area contributed by atoms with Crippen LogP contribution in [0.2, 0.25) is 0 Å². The molecule has 0 radical (unpaired) electrons. The molecule has 0 saturated heterocycles. The maximum atomic E-state index is 2.76. The Labute approximate surface area is 408 Å². The molecule has 0 bridgehead atoms. The zero-order valence-electron chi connectivity index (χ0n) is 41.0. The number of anilines is 2. The van der Waals surface area contributed by atoms with E-state index < -0.39 is 0 Å². The highest BCUT2D eigenvalue weighted by Gasteiger charge is 2.50. The van der Waals surface area contributed by atoms with Crippen molar-refractivity contribution in [2.45, 2.75) is 97.8 Å². The number of thiophene rings is 2. The van der Waals surface area contributed by atoms with Crippen LogP contribution in [0.3, 0.4) is 0 Å². The summed E-state index contributed by atoms with van der Waals surface area (Å²) in [5.41, 5.74) is 21.5. The topological polar surface area (TPSA) is 8.17 Å². The first-order chi connectivity index (χ1) is 32.4. The quantitative estimate of drug-likeness (QED) is 0.149. The van der Waals surface area contributed by atoms with Crippen LogP contribution in [0.5, 0.6) is 0 Å². The van der Waals surface area contributed by atoms with Crippen molar-refractivity contribution in [2.24, 2.45) is 0 Å². The van der Waals surface area contributed by atoms with Crippen molar-refractivity contribution in [1.29, 1.82) is 0 Å². The maximum absolute atomic E-state index is 2.76. The van der Waals surface area contributed by atoms with Crippen molar-refractivity contribution in [3.63, 3.8) is 0 Å². The van der Waals surface area contributed by atoms with Crippen molar-refractivity contribution >= 4 is 114 Å². The molecule has 2 nitrogen and oxygen atoms in total. The van der Waals surface area contributed by atoms with Gasteiger partial charge < -0.3 is 9.38 Å². The van der Waals surface area contributed by atoms with E-state index in [2.05, 4.69) is 219 Å². The second kappa shape index (κ2) is 13.1. The third kappa shape index (κ3) is 5.30. The van der Waals surface area contributed by atoms with E-state index in [0.717, 1.165) is 0 Å². The first kappa shape index (κ1) is 40.9. The largest absolute Gasteiger partial charge is 0.376 e. The molecule has 14 rings (SSSR count). The molecular formula is C63H55BN2S2. The third-order valence-corrected chi connectivity index (χ3v) is 18.5. The number of hydrogen-bond donors (Lipinski definition) is 0. The Morgan fingerprint density at radius 2 is 1.09 bits per heavy atom. The summed E-state index contributed by atoms with van der Waals surface area (Å²) in [4.78, 5) is 2.76. The molecule has 0 N–H and O–H groups in total. The molecule has 8 aromatic carbocycles. The highest BCUT2D eigenvalue weighted by atomic mass is 32.1. The second-order valence-electron chi connectivity index (χ2n) is 23.8. The molecule has 3 aliphatic rings. The average molecular weight is 915 g/mol. The van der Waals surface area contributed by atoms with Crippen LogP contribution >= 0.6 is 22.7 Å². The summed E-state index contributed by atoms with van der Waals surface area (Å²) in [6.07, 6.45) is 0. The van der Waals surface area contributed by atoms with Crippen LogP contribution in [0, 0.1) is 0 Å². The molecule has 0 atom stereocenters. The summed E-state index contributed by atoms with van der Waals surface area (Å²) in [7, 11) is 0. The predicted octanol–water partition coefficient (Wildman–Crippen LogP) is 17.0. The van der Waals surface area contributed by atoms with Crippen molar-refractivity contribution in [3.05, 3.63) is 161 Å². The summed E-state index contributed by atoms with van der Waals surface area (Å²) in [6, 6.07) is 53.0.